The largest absolute Gasteiger partial charge is 0.376 e. The highest BCUT2D eigenvalue weighted by molar-refractivity contribution is 5.77. The molecular weight excluding hydrogens is 330 g/mol. The second-order valence-electron chi connectivity index (χ2n) is 8.75. The van der Waals surface area contributed by atoms with Gasteiger partial charge in [0.25, 0.3) is 0 Å². The minimum absolute atomic E-state index is 0.0524. The Bertz CT molecular complexity index is 516. The first-order valence-corrected chi connectivity index (χ1v) is 10.2. The van der Waals surface area contributed by atoms with E-state index in [0.717, 1.165) is 6.54 Å². The van der Waals surface area contributed by atoms with E-state index < -0.39 is 0 Å². The summed E-state index contributed by atoms with van der Waals surface area (Å²) >= 11 is 0. The van der Waals surface area contributed by atoms with E-state index in [4.69, 9.17) is 4.74 Å². The van der Waals surface area contributed by atoms with Crippen molar-refractivity contribution in [2.45, 2.75) is 63.1 Å². The van der Waals surface area contributed by atoms with E-state index in [0.29, 0.717) is 43.4 Å². The predicted molar refractivity (Wildman–Crippen MR) is 101 cm³/mol. The molecule has 1 saturated carbocycles. The molecule has 3 aliphatic rings. The second-order valence-corrected chi connectivity index (χ2v) is 8.75. The van der Waals surface area contributed by atoms with Crippen LogP contribution in [0.2, 0.25) is 0 Å². The highest BCUT2D eigenvalue weighted by Gasteiger charge is 2.52. The summed E-state index contributed by atoms with van der Waals surface area (Å²) in [4.78, 5) is 30.6. The molecule has 3 rings (SSSR count). The molecule has 0 aromatic carbocycles. The lowest BCUT2D eigenvalue weighted by molar-refractivity contribution is -0.131. The van der Waals surface area contributed by atoms with Crippen LogP contribution in [0.3, 0.4) is 0 Å². The van der Waals surface area contributed by atoms with Crippen LogP contribution in [0.15, 0.2) is 0 Å². The van der Waals surface area contributed by atoms with Gasteiger partial charge in [-0.15, -0.1) is 0 Å². The molecule has 2 heterocycles. The first kappa shape index (κ1) is 19.6. The van der Waals surface area contributed by atoms with Crippen LogP contribution in [-0.4, -0.2) is 86.0 Å². The molecule has 148 valence electrons. The molecule has 3 fully saturated rings. The fourth-order valence-electron chi connectivity index (χ4n) is 5.14. The van der Waals surface area contributed by atoms with Gasteiger partial charge in [-0.3, -0.25) is 14.5 Å². The zero-order valence-corrected chi connectivity index (χ0v) is 16.8. The van der Waals surface area contributed by atoms with Crippen molar-refractivity contribution in [2.75, 3.05) is 41.3 Å². The summed E-state index contributed by atoms with van der Waals surface area (Å²) < 4.78 is 6.12. The minimum atomic E-state index is -0.0524. The van der Waals surface area contributed by atoms with Gasteiger partial charge in [0, 0.05) is 59.2 Å². The van der Waals surface area contributed by atoms with Crippen LogP contribution >= 0.6 is 0 Å². The van der Waals surface area contributed by atoms with Crippen molar-refractivity contribution in [3.8, 4) is 0 Å². The fraction of sp³-hybridized carbons (Fsp3) is 0.900. The molecule has 2 amide bonds. The number of rotatable bonds is 5. The van der Waals surface area contributed by atoms with Gasteiger partial charge in [0.15, 0.2) is 0 Å². The Labute approximate surface area is 157 Å². The van der Waals surface area contributed by atoms with Crippen molar-refractivity contribution in [2.24, 2.45) is 11.8 Å². The van der Waals surface area contributed by atoms with E-state index in [-0.39, 0.29) is 17.9 Å². The van der Waals surface area contributed by atoms with E-state index in [1.165, 1.54) is 32.1 Å². The number of nitrogens with zero attached hydrogens (tertiary/aromatic N) is 3. The highest BCUT2D eigenvalue weighted by Crippen LogP contribution is 2.44. The average Bonchev–Trinajstić information content (AvgIpc) is 3.17. The maximum atomic E-state index is 12.4. The van der Waals surface area contributed by atoms with E-state index in [1.807, 2.05) is 14.1 Å². The van der Waals surface area contributed by atoms with Crippen LogP contribution in [0.25, 0.3) is 0 Å². The number of amides is 2. The first-order valence-electron chi connectivity index (χ1n) is 10.2. The number of fused-ring (bicyclic) bond motifs is 1. The van der Waals surface area contributed by atoms with Crippen molar-refractivity contribution >= 4 is 11.8 Å². The Kier molecular flexibility index (Phi) is 6.23. The van der Waals surface area contributed by atoms with Gasteiger partial charge in [-0.05, 0) is 18.8 Å². The van der Waals surface area contributed by atoms with Crippen molar-refractivity contribution in [1.29, 1.82) is 0 Å². The second kappa shape index (κ2) is 8.26. The third kappa shape index (κ3) is 4.06. The molecule has 0 aromatic heterocycles. The average molecular weight is 366 g/mol. The van der Waals surface area contributed by atoms with Crippen LogP contribution in [0.1, 0.15) is 44.9 Å². The number of hydrogen-bond donors (Lipinski definition) is 0. The number of hydrogen-bond acceptors (Lipinski definition) is 4. The number of ether oxygens (including phenoxy) is 1. The Morgan fingerprint density at radius 3 is 2.19 bits per heavy atom. The Hall–Kier alpha value is -1.14. The highest BCUT2D eigenvalue weighted by atomic mass is 16.5. The van der Waals surface area contributed by atoms with Crippen molar-refractivity contribution in [3.05, 3.63) is 0 Å². The Morgan fingerprint density at radius 2 is 1.58 bits per heavy atom. The zero-order chi connectivity index (χ0) is 18.8. The normalized spacial score (nSPS) is 32.5. The van der Waals surface area contributed by atoms with Crippen molar-refractivity contribution in [3.63, 3.8) is 0 Å². The molecule has 0 bridgehead atoms. The molecule has 0 radical (unpaired) electrons. The Balaban J connectivity index is 1.75. The van der Waals surface area contributed by atoms with Crippen LogP contribution in [0.4, 0.5) is 0 Å². The summed E-state index contributed by atoms with van der Waals surface area (Å²) in [7, 11) is 7.24. The van der Waals surface area contributed by atoms with Gasteiger partial charge in [0.1, 0.15) is 0 Å². The molecule has 4 atom stereocenters. The van der Waals surface area contributed by atoms with Gasteiger partial charge >= 0.3 is 0 Å². The third-order valence-electron chi connectivity index (χ3n) is 6.62. The molecule has 0 unspecified atom stereocenters. The van der Waals surface area contributed by atoms with Crippen LogP contribution < -0.4 is 0 Å². The summed E-state index contributed by atoms with van der Waals surface area (Å²) in [5.74, 6) is 0.886. The lowest BCUT2D eigenvalue weighted by atomic mass is 9.84. The van der Waals surface area contributed by atoms with E-state index >= 15 is 0 Å². The molecule has 6 heteroatoms. The van der Waals surface area contributed by atoms with Crippen LogP contribution in [0, 0.1) is 11.8 Å². The minimum Gasteiger partial charge on any atom is -0.376 e. The lowest BCUT2D eigenvalue weighted by Gasteiger charge is -2.34. The fourth-order valence-corrected chi connectivity index (χ4v) is 5.14. The third-order valence-corrected chi connectivity index (χ3v) is 6.62. The summed E-state index contributed by atoms with van der Waals surface area (Å²) in [6.45, 7) is 1.69. The van der Waals surface area contributed by atoms with Gasteiger partial charge < -0.3 is 14.5 Å². The molecule has 2 saturated heterocycles. The number of likely N-dealkylation sites (tertiary alicyclic amines) is 1. The van der Waals surface area contributed by atoms with Gasteiger partial charge in [0.05, 0.1) is 19.1 Å². The monoisotopic (exact) mass is 365 g/mol. The molecule has 0 spiro atoms. The molecule has 1 aliphatic carbocycles. The zero-order valence-electron chi connectivity index (χ0n) is 16.8. The SMILES string of the molecule is CN(C)C(=O)C[C@@H]1CN(C2CCCCC2)[C@@H]2CO[C@@H](CC(=O)N(C)C)[C@H]12. The summed E-state index contributed by atoms with van der Waals surface area (Å²) in [5, 5.41) is 0. The predicted octanol–water partition coefficient (Wildman–Crippen LogP) is 1.59. The first-order chi connectivity index (χ1) is 12.4. The summed E-state index contributed by atoms with van der Waals surface area (Å²) in [6, 6.07) is 1.00. The molecular formula is C20H35N3O3. The van der Waals surface area contributed by atoms with Crippen molar-refractivity contribution < 1.29 is 14.3 Å². The van der Waals surface area contributed by atoms with Gasteiger partial charge in [-0.1, -0.05) is 19.3 Å². The van der Waals surface area contributed by atoms with E-state index in [2.05, 4.69) is 4.90 Å². The number of carbonyl (C=O) groups is 2. The topological polar surface area (TPSA) is 53.1 Å². The van der Waals surface area contributed by atoms with Gasteiger partial charge in [0.2, 0.25) is 11.8 Å². The summed E-state index contributed by atoms with van der Waals surface area (Å²) in [5.41, 5.74) is 0. The van der Waals surface area contributed by atoms with Crippen LogP contribution in [-0.2, 0) is 14.3 Å². The smallest absolute Gasteiger partial charge is 0.224 e. The van der Waals surface area contributed by atoms with E-state index in [9.17, 15) is 9.59 Å². The van der Waals surface area contributed by atoms with Gasteiger partial charge in [-0.2, -0.15) is 0 Å². The standard InChI is InChI=1S/C20H35N3O3/c1-21(2)18(24)10-14-12-23(15-8-6-5-7-9-15)16-13-26-17(20(14)16)11-19(25)22(3)4/h14-17,20H,5-13H2,1-4H3/t14-,16-,17+,20-/m1/s1. The quantitative estimate of drug-likeness (QED) is 0.742. The Morgan fingerprint density at radius 1 is 0.962 bits per heavy atom. The van der Waals surface area contributed by atoms with Gasteiger partial charge in [-0.25, -0.2) is 0 Å². The molecule has 26 heavy (non-hydrogen) atoms. The van der Waals surface area contributed by atoms with E-state index in [1.54, 1.807) is 23.9 Å². The molecule has 0 aromatic rings. The molecule has 6 nitrogen and oxygen atoms in total. The maximum Gasteiger partial charge on any atom is 0.224 e. The molecule has 2 aliphatic heterocycles. The van der Waals surface area contributed by atoms with Crippen molar-refractivity contribution in [1.82, 2.24) is 14.7 Å². The molecule has 0 N–H and O–H groups in total. The maximum absolute atomic E-state index is 12.4. The van der Waals surface area contributed by atoms with Crippen LogP contribution in [0.5, 0.6) is 0 Å². The lowest BCUT2D eigenvalue weighted by Crippen LogP contribution is -2.42. The number of carbonyl (C=O) groups excluding carboxylic acids is 2. The summed E-state index contributed by atoms with van der Waals surface area (Å²) in [6.07, 6.45) is 7.43.